The van der Waals surface area contributed by atoms with Gasteiger partial charge in [0.05, 0.1) is 0 Å². The van der Waals surface area contributed by atoms with E-state index in [-0.39, 0.29) is 18.9 Å². The summed E-state index contributed by atoms with van der Waals surface area (Å²) in [6.45, 7) is 6.63. The number of para-hydroxylation sites is 1. The zero-order valence-corrected chi connectivity index (χ0v) is 10.3. The first kappa shape index (κ1) is 13.4. The number of nitrogens with zero attached hydrogens (tertiary/aromatic N) is 1. The van der Waals surface area contributed by atoms with Crippen molar-refractivity contribution in [3.05, 3.63) is 35.6 Å². The Morgan fingerprint density at radius 2 is 1.64 bits per heavy atom. The van der Waals surface area contributed by atoms with Gasteiger partial charge in [0.2, 0.25) is 0 Å². The van der Waals surface area contributed by atoms with Gasteiger partial charge in [0.1, 0.15) is 8.07 Å². The SMILES string of the molecule is C[Si](C)(C)C#C[N-]c1ccccc1.[Li+]. The molecule has 0 radical (unpaired) electrons. The van der Waals surface area contributed by atoms with Gasteiger partial charge in [-0.1, -0.05) is 50.0 Å². The second-order valence-corrected chi connectivity index (χ2v) is 8.68. The van der Waals surface area contributed by atoms with Crippen LogP contribution in [0.1, 0.15) is 0 Å². The van der Waals surface area contributed by atoms with Gasteiger partial charge in [-0.25, -0.2) is 6.04 Å². The van der Waals surface area contributed by atoms with Crippen LogP contribution >= 0.6 is 0 Å². The average molecular weight is 195 g/mol. The van der Waals surface area contributed by atoms with Gasteiger partial charge in [0.15, 0.2) is 0 Å². The standard InChI is InChI=1S/C11H14NSi.Li/c1-13(2,3)10-9-12-11-7-5-4-6-8-11;/h4-8H,1-3H3;/q-1;+1. The summed E-state index contributed by atoms with van der Waals surface area (Å²) in [4.78, 5) is 0. The monoisotopic (exact) mass is 195 g/mol. The van der Waals surface area contributed by atoms with Crippen molar-refractivity contribution in [1.29, 1.82) is 0 Å². The summed E-state index contributed by atoms with van der Waals surface area (Å²) in [6, 6.07) is 12.7. The van der Waals surface area contributed by atoms with Gasteiger partial charge in [-0.05, 0) is 0 Å². The molecular weight excluding hydrogens is 181 g/mol. The van der Waals surface area contributed by atoms with Crippen LogP contribution in [0.15, 0.2) is 30.3 Å². The first-order chi connectivity index (χ1) is 6.08. The molecule has 1 aromatic rings. The summed E-state index contributed by atoms with van der Waals surface area (Å²) < 4.78 is 0. The van der Waals surface area contributed by atoms with Crippen LogP contribution in [0.25, 0.3) is 5.32 Å². The molecule has 0 spiro atoms. The first-order valence-corrected chi connectivity index (χ1v) is 7.86. The molecule has 0 unspecified atom stereocenters. The van der Waals surface area contributed by atoms with Gasteiger partial charge < -0.3 is 5.32 Å². The molecule has 0 aliphatic rings. The number of rotatable bonds is 1. The van der Waals surface area contributed by atoms with Crippen molar-refractivity contribution in [2.75, 3.05) is 0 Å². The molecule has 0 aliphatic carbocycles. The van der Waals surface area contributed by atoms with E-state index in [9.17, 15) is 0 Å². The van der Waals surface area contributed by atoms with E-state index in [0.29, 0.717) is 0 Å². The molecule has 0 heterocycles. The topological polar surface area (TPSA) is 14.1 Å². The zero-order chi connectivity index (χ0) is 9.73. The quantitative estimate of drug-likeness (QED) is 0.458. The minimum atomic E-state index is -1.27. The summed E-state index contributed by atoms with van der Waals surface area (Å²) in [7, 11) is -1.27. The van der Waals surface area contributed by atoms with Gasteiger partial charge >= 0.3 is 18.9 Å². The van der Waals surface area contributed by atoms with E-state index in [4.69, 9.17) is 0 Å². The van der Waals surface area contributed by atoms with Crippen molar-refractivity contribution in [2.45, 2.75) is 19.6 Å². The van der Waals surface area contributed by atoms with Crippen LogP contribution in [0.5, 0.6) is 0 Å². The molecule has 1 aromatic carbocycles. The maximum absolute atomic E-state index is 4.17. The van der Waals surface area contributed by atoms with Gasteiger partial charge in [0.25, 0.3) is 0 Å². The van der Waals surface area contributed by atoms with E-state index in [2.05, 4.69) is 36.5 Å². The van der Waals surface area contributed by atoms with Crippen molar-refractivity contribution in [3.8, 4) is 11.6 Å². The van der Waals surface area contributed by atoms with E-state index in [1.165, 1.54) is 0 Å². The van der Waals surface area contributed by atoms with Crippen molar-refractivity contribution in [2.24, 2.45) is 0 Å². The third kappa shape index (κ3) is 5.94. The van der Waals surface area contributed by atoms with Gasteiger partial charge in [-0.15, -0.1) is 5.69 Å². The third-order valence-electron chi connectivity index (χ3n) is 1.37. The summed E-state index contributed by atoms with van der Waals surface area (Å²) in [6.07, 6.45) is 0. The molecule has 0 saturated carbocycles. The van der Waals surface area contributed by atoms with E-state index >= 15 is 0 Å². The summed E-state index contributed by atoms with van der Waals surface area (Å²) in [5.74, 6) is 0. The average Bonchev–Trinajstić information content (AvgIpc) is 2.04. The van der Waals surface area contributed by atoms with Crippen LogP contribution in [0.3, 0.4) is 0 Å². The second kappa shape index (κ2) is 5.99. The number of hydrogen-bond donors (Lipinski definition) is 0. The van der Waals surface area contributed by atoms with Crippen LogP contribution in [0.2, 0.25) is 19.6 Å². The Morgan fingerprint density at radius 1 is 1.07 bits per heavy atom. The Kier molecular flexibility index (Phi) is 5.73. The Morgan fingerprint density at radius 3 is 2.14 bits per heavy atom. The largest absolute Gasteiger partial charge is 1.00 e. The molecule has 14 heavy (non-hydrogen) atoms. The Bertz CT molecular complexity index is 319. The first-order valence-electron chi connectivity index (χ1n) is 4.36. The molecule has 1 rings (SSSR count). The smallest absolute Gasteiger partial charge is 0.617 e. The third-order valence-corrected chi connectivity index (χ3v) is 2.23. The molecule has 0 fully saturated rings. The van der Waals surface area contributed by atoms with Crippen LogP contribution in [0.4, 0.5) is 5.69 Å². The maximum Gasteiger partial charge on any atom is 1.00 e. The molecule has 0 N–H and O–H groups in total. The Labute approximate surface area is 99.5 Å². The molecule has 1 nitrogen and oxygen atoms in total. The second-order valence-electron chi connectivity index (χ2n) is 3.93. The molecule has 0 aliphatic heterocycles. The zero-order valence-electron chi connectivity index (χ0n) is 9.33. The minimum Gasteiger partial charge on any atom is -0.617 e. The number of benzene rings is 1. The molecular formula is C11H14LiNSi. The van der Waals surface area contributed by atoms with E-state index in [1.807, 2.05) is 30.3 Å². The molecule has 0 aromatic heterocycles. The van der Waals surface area contributed by atoms with Crippen molar-refractivity contribution >= 4 is 13.8 Å². The summed E-state index contributed by atoms with van der Waals surface area (Å²) in [5.41, 5.74) is 4.13. The fraction of sp³-hybridized carbons (Fsp3) is 0.273. The van der Waals surface area contributed by atoms with Crippen LogP contribution < -0.4 is 18.9 Å². The van der Waals surface area contributed by atoms with E-state index < -0.39 is 8.07 Å². The fourth-order valence-corrected chi connectivity index (χ4v) is 1.15. The van der Waals surface area contributed by atoms with Crippen molar-refractivity contribution in [1.82, 2.24) is 0 Å². The van der Waals surface area contributed by atoms with Crippen molar-refractivity contribution in [3.63, 3.8) is 0 Å². The van der Waals surface area contributed by atoms with Crippen LogP contribution in [0, 0.1) is 11.6 Å². The summed E-state index contributed by atoms with van der Waals surface area (Å²) in [5, 5.41) is 4.17. The predicted octanol–water partition coefficient (Wildman–Crippen LogP) is 0.534. The molecule has 0 bridgehead atoms. The van der Waals surface area contributed by atoms with E-state index in [1.54, 1.807) is 0 Å². The maximum atomic E-state index is 4.17. The summed E-state index contributed by atoms with van der Waals surface area (Å²) >= 11 is 0. The predicted molar refractivity (Wildman–Crippen MR) is 60.6 cm³/mol. The molecule has 0 atom stereocenters. The normalized spacial score (nSPS) is 9.36. The Balaban J connectivity index is 0.00000169. The van der Waals surface area contributed by atoms with Gasteiger partial charge in [0, 0.05) is 0 Å². The van der Waals surface area contributed by atoms with Gasteiger partial charge in [-0.2, -0.15) is 5.54 Å². The molecule has 0 saturated heterocycles. The van der Waals surface area contributed by atoms with Crippen LogP contribution in [-0.4, -0.2) is 8.07 Å². The molecule has 3 heteroatoms. The molecule has 0 amide bonds. The molecule has 68 valence electrons. The van der Waals surface area contributed by atoms with Gasteiger partial charge in [-0.3, -0.25) is 0 Å². The fourth-order valence-electron chi connectivity index (χ4n) is 0.763. The minimum absolute atomic E-state index is 0. The van der Waals surface area contributed by atoms with Crippen molar-refractivity contribution < 1.29 is 18.9 Å². The Hall–Kier alpha value is -0.606. The number of hydrogen-bond acceptors (Lipinski definition) is 0. The van der Waals surface area contributed by atoms with Crippen LogP contribution in [-0.2, 0) is 0 Å². The van der Waals surface area contributed by atoms with E-state index in [0.717, 1.165) is 5.69 Å².